The summed E-state index contributed by atoms with van der Waals surface area (Å²) in [5, 5.41) is 10.8. The van der Waals surface area contributed by atoms with Crippen LogP contribution in [0.2, 0.25) is 0 Å². The van der Waals surface area contributed by atoms with E-state index in [1.54, 1.807) is 0 Å². The van der Waals surface area contributed by atoms with Gasteiger partial charge in [0.2, 0.25) is 11.8 Å². The molecule has 1 saturated heterocycles. The van der Waals surface area contributed by atoms with Crippen molar-refractivity contribution in [3.05, 3.63) is 56.2 Å². The van der Waals surface area contributed by atoms with Crippen molar-refractivity contribution in [3.8, 4) is 5.88 Å². The van der Waals surface area contributed by atoms with Gasteiger partial charge in [0.1, 0.15) is 10.6 Å². The van der Waals surface area contributed by atoms with Crippen molar-refractivity contribution < 1.29 is 9.90 Å². The van der Waals surface area contributed by atoms with Crippen LogP contribution in [0.15, 0.2) is 38.8 Å². The Labute approximate surface area is 191 Å². The van der Waals surface area contributed by atoms with E-state index in [9.17, 15) is 19.5 Å². The van der Waals surface area contributed by atoms with Crippen LogP contribution in [-0.2, 0) is 25.3 Å². The van der Waals surface area contributed by atoms with Gasteiger partial charge < -0.3 is 10.0 Å². The molecule has 0 radical (unpaired) electrons. The number of benzene rings is 1. The maximum Gasteiger partial charge on any atom is 0.333 e. The van der Waals surface area contributed by atoms with Gasteiger partial charge in [-0.3, -0.25) is 18.7 Å². The van der Waals surface area contributed by atoms with E-state index in [0.717, 1.165) is 58.7 Å². The molecule has 8 nitrogen and oxygen atoms in total. The molecule has 2 heterocycles. The molecule has 1 aromatic carbocycles. The van der Waals surface area contributed by atoms with E-state index in [1.807, 2.05) is 36.1 Å². The molecule has 3 rings (SSSR count). The van der Waals surface area contributed by atoms with Crippen molar-refractivity contribution in [2.75, 3.05) is 12.3 Å². The Morgan fingerprint density at radius 1 is 1.16 bits per heavy atom. The molecule has 0 saturated carbocycles. The normalized spacial score (nSPS) is 16.9. The van der Waals surface area contributed by atoms with Crippen LogP contribution < -0.4 is 11.2 Å². The first-order valence-corrected chi connectivity index (χ1v) is 11.8. The molecule has 1 aliphatic rings. The average Bonchev–Trinajstić information content (AvgIpc) is 2.80. The predicted molar refractivity (Wildman–Crippen MR) is 128 cm³/mol. The molecule has 9 heteroatoms. The summed E-state index contributed by atoms with van der Waals surface area (Å²) in [5.74, 6) is -0.410. The fraction of sp³-hybridized carbons (Fsp3) is 0.478. The summed E-state index contributed by atoms with van der Waals surface area (Å²) in [6.07, 6.45) is 3.95. The Kier molecular flexibility index (Phi) is 7.60. The maximum absolute atomic E-state index is 12.9. The van der Waals surface area contributed by atoms with Crippen molar-refractivity contribution in [2.45, 2.75) is 45.6 Å². The Hall–Kier alpha value is -2.81. The molecule has 1 N–H and O–H groups in total. The number of piperidine rings is 1. The second-order valence-corrected chi connectivity index (χ2v) is 9.03. The molecule has 1 atom stereocenters. The second-order valence-electron chi connectivity index (χ2n) is 8.06. The van der Waals surface area contributed by atoms with Crippen LogP contribution in [0.5, 0.6) is 5.88 Å². The quantitative estimate of drug-likeness (QED) is 0.549. The third-order valence-corrected chi connectivity index (χ3v) is 6.84. The van der Waals surface area contributed by atoms with Crippen LogP contribution in [0.4, 0.5) is 5.69 Å². The minimum absolute atomic E-state index is 0.0302. The second kappa shape index (κ2) is 10.2. The average molecular weight is 459 g/mol. The number of hydrogen-bond donors (Lipinski definition) is 1. The largest absolute Gasteiger partial charge is 0.494 e. The van der Waals surface area contributed by atoms with Gasteiger partial charge in [-0.2, -0.15) is 0 Å². The number of amides is 1. The van der Waals surface area contributed by atoms with Gasteiger partial charge in [0.05, 0.1) is 11.4 Å². The molecule has 0 bridgehead atoms. The molecular formula is C23H30N4O4S. The Morgan fingerprint density at radius 2 is 1.84 bits per heavy atom. The van der Waals surface area contributed by atoms with E-state index >= 15 is 0 Å². The lowest BCUT2D eigenvalue weighted by Crippen LogP contribution is -2.43. The topological polar surface area (TPSA) is 96.9 Å². The Morgan fingerprint density at radius 3 is 2.47 bits per heavy atom. The van der Waals surface area contributed by atoms with Crippen LogP contribution >= 0.6 is 11.8 Å². The Balaban J connectivity index is 2.01. The summed E-state index contributed by atoms with van der Waals surface area (Å²) >= 11 is 1.10. The molecule has 1 aliphatic heterocycles. The highest BCUT2D eigenvalue weighted by atomic mass is 32.2. The van der Waals surface area contributed by atoms with E-state index in [1.165, 1.54) is 14.1 Å². The first-order chi connectivity index (χ1) is 15.2. The van der Waals surface area contributed by atoms with E-state index in [-0.39, 0.29) is 28.3 Å². The summed E-state index contributed by atoms with van der Waals surface area (Å²) in [6.45, 7) is 4.82. The van der Waals surface area contributed by atoms with Crippen molar-refractivity contribution >= 4 is 28.4 Å². The number of nitrogens with zero attached hydrogens (tertiary/aromatic N) is 4. The van der Waals surface area contributed by atoms with E-state index in [4.69, 9.17) is 0 Å². The molecule has 1 amide bonds. The van der Waals surface area contributed by atoms with Crippen LogP contribution in [0.1, 0.15) is 44.2 Å². The Bertz CT molecular complexity index is 1130. The van der Waals surface area contributed by atoms with Gasteiger partial charge in [-0.05, 0) is 50.3 Å². The van der Waals surface area contributed by atoms with Gasteiger partial charge in [0.25, 0.3) is 5.56 Å². The maximum atomic E-state index is 12.9. The molecule has 0 unspecified atom stereocenters. The van der Waals surface area contributed by atoms with E-state index < -0.39 is 17.1 Å². The lowest BCUT2D eigenvalue weighted by Gasteiger charge is -2.33. The molecule has 2 aromatic rings. The molecule has 1 fully saturated rings. The van der Waals surface area contributed by atoms with Crippen LogP contribution in [0.3, 0.4) is 0 Å². The highest BCUT2D eigenvalue weighted by molar-refractivity contribution is 8.15. The summed E-state index contributed by atoms with van der Waals surface area (Å²) in [4.78, 5) is 44.4. The van der Waals surface area contributed by atoms with Crippen LogP contribution in [-0.4, -0.2) is 48.4 Å². The molecule has 0 aliphatic carbocycles. The fourth-order valence-electron chi connectivity index (χ4n) is 3.79. The van der Waals surface area contributed by atoms with Crippen molar-refractivity contribution in [1.29, 1.82) is 0 Å². The minimum atomic E-state index is -0.652. The van der Waals surface area contributed by atoms with Gasteiger partial charge in [0.15, 0.2) is 0 Å². The third kappa shape index (κ3) is 4.98. The first-order valence-electron chi connectivity index (χ1n) is 10.8. The zero-order valence-electron chi connectivity index (χ0n) is 19.0. The van der Waals surface area contributed by atoms with Crippen molar-refractivity contribution in [1.82, 2.24) is 14.0 Å². The first kappa shape index (κ1) is 23.8. The molecule has 172 valence electrons. The molecule has 0 spiro atoms. The summed E-state index contributed by atoms with van der Waals surface area (Å²) in [6, 6.07) is 7.73. The minimum Gasteiger partial charge on any atom is -0.494 e. The SMILES string of the molecule is CCc1ccc(N=C(SCC(=O)N2CCCC[C@H]2C)c2c(O)n(C)c(=O)n(C)c2=O)cc1. The van der Waals surface area contributed by atoms with Gasteiger partial charge >= 0.3 is 5.69 Å². The van der Waals surface area contributed by atoms with Crippen molar-refractivity contribution in [3.63, 3.8) is 0 Å². The van der Waals surface area contributed by atoms with E-state index in [0.29, 0.717) is 5.69 Å². The van der Waals surface area contributed by atoms with Crippen LogP contribution in [0.25, 0.3) is 0 Å². The number of carbonyl (C=O) groups is 1. The predicted octanol–water partition coefficient (Wildman–Crippen LogP) is 2.56. The number of aromatic hydroxyl groups is 1. The van der Waals surface area contributed by atoms with Crippen LogP contribution in [0, 0.1) is 0 Å². The number of thioether (sulfide) groups is 1. The number of aryl methyl sites for hydroxylation is 1. The summed E-state index contributed by atoms with van der Waals surface area (Å²) in [5.41, 5.74) is 0.373. The zero-order valence-corrected chi connectivity index (χ0v) is 19.8. The lowest BCUT2D eigenvalue weighted by atomic mass is 10.0. The fourth-order valence-corrected chi connectivity index (χ4v) is 4.70. The smallest absolute Gasteiger partial charge is 0.333 e. The standard InChI is InChI=1S/C23H30N4O4S/c1-5-16-9-11-17(12-10-16)24-20(19-21(29)25(3)23(31)26(4)22(19)30)32-14-18(28)27-13-7-6-8-15(27)2/h9-12,15,29H,5-8,13-14H2,1-4H3/t15-/m1/s1. The summed E-state index contributed by atoms with van der Waals surface area (Å²) < 4.78 is 1.93. The number of rotatable bonds is 5. The number of aliphatic imine (C=N–C) groups is 1. The van der Waals surface area contributed by atoms with Gasteiger partial charge in [-0.1, -0.05) is 30.8 Å². The van der Waals surface area contributed by atoms with Gasteiger partial charge in [0, 0.05) is 26.7 Å². The van der Waals surface area contributed by atoms with Crippen molar-refractivity contribution in [2.24, 2.45) is 19.1 Å². The molecule has 1 aromatic heterocycles. The number of aromatic nitrogens is 2. The highest BCUT2D eigenvalue weighted by Gasteiger charge is 2.26. The lowest BCUT2D eigenvalue weighted by molar-refractivity contribution is -0.131. The summed E-state index contributed by atoms with van der Waals surface area (Å²) in [7, 11) is 2.74. The molecular weight excluding hydrogens is 428 g/mol. The van der Waals surface area contributed by atoms with E-state index in [2.05, 4.69) is 11.9 Å². The highest BCUT2D eigenvalue weighted by Crippen LogP contribution is 2.25. The van der Waals surface area contributed by atoms with Gasteiger partial charge in [-0.25, -0.2) is 9.79 Å². The third-order valence-electron chi connectivity index (χ3n) is 5.88. The number of likely N-dealkylation sites (tertiary alicyclic amines) is 1. The number of carbonyl (C=O) groups excluding carboxylic acids is 1. The number of hydrogen-bond acceptors (Lipinski definition) is 6. The van der Waals surface area contributed by atoms with Gasteiger partial charge in [-0.15, -0.1) is 0 Å². The zero-order chi connectivity index (χ0) is 23.4. The molecule has 32 heavy (non-hydrogen) atoms. The monoisotopic (exact) mass is 458 g/mol.